The molecule has 0 heterocycles. The average Bonchev–Trinajstić information content (AvgIpc) is 2.04. The van der Waals surface area contributed by atoms with Crippen molar-refractivity contribution in [2.45, 2.75) is 31.8 Å². The SMILES string of the molecule is CCCCC(C(=O)O)C(N)(N)CN. The van der Waals surface area contributed by atoms with Gasteiger partial charge in [-0.25, -0.2) is 0 Å². The van der Waals surface area contributed by atoms with Gasteiger partial charge < -0.3 is 22.3 Å². The van der Waals surface area contributed by atoms with Gasteiger partial charge in [0.05, 0.1) is 11.6 Å². The summed E-state index contributed by atoms with van der Waals surface area (Å²) in [5, 5.41) is 8.85. The highest BCUT2D eigenvalue weighted by Gasteiger charge is 2.34. The Kier molecular flexibility index (Phi) is 4.90. The van der Waals surface area contributed by atoms with E-state index in [0.29, 0.717) is 6.42 Å². The second-order valence-electron chi connectivity index (χ2n) is 3.35. The van der Waals surface area contributed by atoms with Crippen LogP contribution in [0, 0.1) is 5.92 Å². The summed E-state index contributed by atoms with van der Waals surface area (Å²) >= 11 is 0. The Morgan fingerprint density at radius 3 is 2.38 bits per heavy atom. The Hall–Kier alpha value is -0.650. The van der Waals surface area contributed by atoms with Crippen LogP contribution in [0.2, 0.25) is 0 Å². The molecule has 5 nitrogen and oxygen atoms in total. The lowest BCUT2D eigenvalue weighted by Gasteiger charge is -2.29. The van der Waals surface area contributed by atoms with Gasteiger partial charge in [0.15, 0.2) is 0 Å². The van der Waals surface area contributed by atoms with Crippen molar-refractivity contribution in [3.8, 4) is 0 Å². The van der Waals surface area contributed by atoms with Gasteiger partial charge in [-0.15, -0.1) is 0 Å². The summed E-state index contributed by atoms with van der Waals surface area (Å²) in [5.74, 6) is -1.72. The van der Waals surface area contributed by atoms with Crippen LogP contribution in [0.1, 0.15) is 26.2 Å². The Morgan fingerprint density at radius 2 is 2.08 bits per heavy atom. The molecule has 0 radical (unpaired) electrons. The van der Waals surface area contributed by atoms with Crippen molar-refractivity contribution in [1.82, 2.24) is 0 Å². The molecule has 0 spiro atoms. The minimum atomic E-state index is -1.29. The first-order chi connectivity index (χ1) is 5.95. The minimum Gasteiger partial charge on any atom is -0.481 e. The van der Waals surface area contributed by atoms with Crippen LogP contribution in [0.25, 0.3) is 0 Å². The molecule has 13 heavy (non-hydrogen) atoms. The van der Waals surface area contributed by atoms with Crippen LogP contribution in [0.5, 0.6) is 0 Å². The van der Waals surface area contributed by atoms with Gasteiger partial charge in [-0.3, -0.25) is 4.79 Å². The molecule has 0 rings (SSSR count). The number of rotatable bonds is 6. The fourth-order valence-corrected chi connectivity index (χ4v) is 1.17. The number of hydrogen-bond donors (Lipinski definition) is 4. The standard InChI is InChI=1S/C8H19N3O2/c1-2-3-4-6(7(12)13)8(10,11)5-9/h6H,2-5,9-11H2,1H3,(H,12,13). The molecule has 0 aliphatic heterocycles. The maximum Gasteiger partial charge on any atom is 0.309 e. The van der Waals surface area contributed by atoms with Crippen LogP contribution in [0.15, 0.2) is 0 Å². The van der Waals surface area contributed by atoms with Crippen LogP contribution in [0.4, 0.5) is 0 Å². The first-order valence-electron chi connectivity index (χ1n) is 4.46. The predicted octanol–water partition coefficient (Wildman–Crippen LogP) is -0.550. The van der Waals surface area contributed by atoms with E-state index in [1.807, 2.05) is 6.92 Å². The number of aliphatic carboxylic acids is 1. The zero-order chi connectivity index (χ0) is 10.5. The Labute approximate surface area is 78.3 Å². The quantitative estimate of drug-likeness (QED) is 0.418. The third-order valence-corrected chi connectivity index (χ3v) is 2.15. The highest BCUT2D eigenvalue weighted by molar-refractivity contribution is 5.71. The first kappa shape index (κ1) is 12.3. The van der Waals surface area contributed by atoms with Gasteiger partial charge in [0.25, 0.3) is 0 Å². The fraction of sp³-hybridized carbons (Fsp3) is 0.875. The third-order valence-electron chi connectivity index (χ3n) is 2.15. The van der Waals surface area contributed by atoms with E-state index in [1.54, 1.807) is 0 Å². The van der Waals surface area contributed by atoms with Gasteiger partial charge in [-0.2, -0.15) is 0 Å². The normalized spacial score (nSPS) is 14.2. The molecule has 78 valence electrons. The van der Waals surface area contributed by atoms with E-state index in [-0.39, 0.29) is 6.54 Å². The number of carboxylic acids is 1. The summed E-state index contributed by atoms with van der Waals surface area (Å²) in [7, 11) is 0. The van der Waals surface area contributed by atoms with Crippen LogP contribution >= 0.6 is 0 Å². The van der Waals surface area contributed by atoms with Crippen LogP contribution in [-0.4, -0.2) is 23.3 Å². The topological polar surface area (TPSA) is 115 Å². The van der Waals surface area contributed by atoms with Gasteiger partial charge >= 0.3 is 5.97 Å². The van der Waals surface area contributed by atoms with E-state index >= 15 is 0 Å². The first-order valence-corrected chi connectivity index (χ1v) is 4.46. The van der Waals surface area contributed by atoms with Crippen molar-refractivity contribution < 1.29 is 9.90 Å². The largest absolute Gasteiger partial charge is 0.481 e. The summed E-state index contributed by atoms with van der Waals surface area (Å²) in [5.41, 5.74) is 15.2. The van der Waals surface area contributed by atoms with Crippen molar-refractivity contribution in [3.63, 3.8) is 0 Å². The lowest BCUT2D eigenvalue weighted by atomic mass is 9.89. The Bertz CT molecular complexity index is 171. The zero-order valence-electron chi connectivity index (χ0n) is 7.99. The maximum absolute atomic E-state index is 10.8. The van der Waals surface area contributed by atoms with Crippen LogP contribution in [-0.2, 0) is 4.79 Å². The zero-order valence-corrected chi connectivity index (χ0v) is 7.99. The smallest absolute Gasteiger partial charge is 0.309 e. The summed E-state index contributed by atoms with van der Waals surface area (Å²) in [6.45, 7) is 1.96. The predicted molar refractivity (Wildman–Crippen MR) is 50.8 cm³/mol. The lowest BCUT2D eigenvalue weighted by molar-refractivity contribution is -0.144. The minimum absolute atomic E-state index is 0.0202. The second kappa shape index (κ2) is 5.16. The Balaban J connectivity index is 4.32. The number of unbranched alkanes of at least 4 members (excludes halogenated alkanes) is 1. The molecule has 5 heteroatoms. The van der Waals surface area contributed by atoms with E-state index in [0.717, 1.165) is 12.8 Å². The van der Waals surface area contributed by atoms with Gasteiger partial charge in [0, 0.05) is 6.54 Å². The average molecular weight is 189 g/mol. The second-order valence-corrected chi connectivity index (χ2v) is 3.35. The van der Waals surface area contributed by atoms with Gasteiger partial charge in [0.2, 0.25) is 0 Å². The molecule has 0 aromatic rings. The Morgan fingerprint density at radius 1 is 1.54 bits per heavy atom. The molecule has 0 aliphatic rings. The highest BCUT2D eigenvalue weighted by atomic mass is 16.4. The molecule has 0 aliphatic carbocycles. The number of carbonyl (C=O) groups is 1. The van der Waals surface area contributed by atoms with Gasteiger partial charge in [-0.05, 0) is 6.42 Å². The van der Waals surface area contributed by atoms with Crippen LogP contribution in [0.3, 0.4) is 0 Å². The number of carboxylic acid groups (broad SMARTS) is 1. The van der Waals surface area contributed by atoms with Crippen LogP contribution < -0.4 is 17.2 Å². The monoisotopic (exact) mass is 189 g/mol. The molecule has 0 saturated carbocycles. The molecule has 0 fully saturated rings. The van der Waals surface area contributed by atoms with E-state index in [1.165, 1.54) is 0 Å². The molecule has 0 aromatic carbocycles. The van der Waals surface area contributed by atoms with E-state index in [2.05, 4.69) is 0 Å². The fourth-order valence-electron chi connectivity index (χ4n) is 1.17. The van der Waals surface area contributed by atoms with E-state index in [4.69, 9.17) is 22.3 Å². The van der Waals surface area contributed by atoms with Crippen molar-refractivity contribution >= 4 is 5.97 Å². The molecule has 0 bridgehead atoms. The summed E-state index contributed by atoms with van der Waals surface area (Å²) in [6.07, 6.45) is 2.20. The molecule has 1 atom stereocenters. The molecular weight excluding hydrogens is 170 g/mol. The molecular formula is C8H19N3O2. The molecule has 0 amide bonds. The van der Waals surface area contributed by atoms with Crippen molar-refractivity contribution in [2.75, 3.05) is 6.54 Å². The highest BCUT2D eigenvalue weighted by Crippen LogP contribution is 2.16. The van der Waals surface area contributed by atoms with Crippen molar-refractivity contribution in [2.24, 2.45) is 23.1 Å². The maximum atomic E-state index is 10.8. The van der Waals surface area contributed by atoms with E-state index < -0.39 is 17.6 Å². The van der Waals surface area contributed by atoms with E-state index in [9.17, 15) is 4.79 Å². The van der Waals surface area contributed by atoms with Crippen molar-refractivity contribution in [3.05, 3.63) is 0 Å². The van der Waals surface area contributed by atoms with Gasteiger partial charge in [-0.1, -0.05) is 19.8 Å². The lowest BCUT2D eigenvalue weighted by Crippen LogP contribution is -2.62. The number of nitrogens with two attached hydrogens (primary N) is 3. The molecule has 0 aromatic heterocycles. The number of hydrogen-bond acceptors (Lipinski definition) is 4. The van der Waals surface area contributed by atoms with Gasteiger partial charge in [0.1, 0.15) is 0 Å². The van der Waals surface area contributed by atoms with Crippen molar-refractivity contribution in [1.29, 1.82) is 0 Å². The molecule has 0 saturated heterocycles. The summed E-state index contributed by atoms with van der Waals surface area (Å²) in [6, 6.07) is 0. The summed E-state index contributed by atoms with van der Waals surface area (Å²) < 4.78 is 0. The molecule has 1 unspecified atom stereocenters. The third kappa shape index (κ3) is 3.71. The molecule has 7 N–H and O–H groups in total. The summed E-state index contributed by atoms with van der Waals surface area (Å²) in [4.78, 5) is 10.8.